The maximum atomic E-state index is 13.1. The second-order valence-electron chi connectivity index (χ2n) is 8.57. The minimum absolute atomic E-state index is 0.0727. The summed E-state index contributed by atoms with van der Waals surface area (Å²) < 4.78 is 10.5. The molecule has 1 aromatic rings. The first kappa shape index (κ1) is 22.0. The lowest BCUT2D eigenvalue weighted by molar-refractivity contribution is -0.136. The molecular weight excluding hydrogens is 396 g/mol. The SMILES string of the molecule is COCCCNC(=O)C1Cc2ccccc2N2CCN(CC(=O)N3CCOCC3)CC12. The van der Waals surface area contributed by atoms with E-state index in [0.717, 1.165) is 32.5 Å². The molecule has 1 aromatic carbocycles. The van der Waals surface area contributed by atoms with Crippen LogP contribution >= 0.6 is 0 Å². The number of carbonyl (C=O) groups is 2. The first-order valence-electron chi connectivity index (χ1n) is 11.4. The van der Waals surface area contributed by atoms with Crippen molar-refractivity contribution in [3.63, 3.8) is 0 Å². The first-order chi connectivity index (χ1) is 15.2. The van der Waals surface area contributed by atoms with Gasteiger partial charge in [-0.3, -0.25) is 14.5 Å². The van der Waals surface area contributed by atoms with Crippen molar-refractivity contribution in [2.45, 2.75) is 18.9 Å². The number of hydrogen-bond acceptors (Lipinski definition) is 6. The summed E-state index contributed by atoms with van der Waals surface area (Å²) in [7, 11) is 1.67. The Morgan fingerprint density at radius 1 is 1.16 bits per heavy atom. The lowest BCUT2D eigenvalue weighted by atomic mass is 9.83. The third kappa shape index (κ3) is 5.19. The van der Waals surface area contributed by atoms with E-state index in [9.17, 15) is 9.59 Å². The van der Waals surface area contributed by atoms with E-state index in [-0.39, 0.29) is 23.8 Å². The topological polar surface area (TPSA) is 74.4 Å². The van der Waals surface area contributed by atoms with Crippen molar-refractivity contribution in [1.82, 2.24) is 15.1 Å². The van der Waals surface area contributed by atoms with Gasteiger partial charge in [0.25, 0.3) is 0 Å². The van der Waals surface area contributed by atoms with E-state index in [1.165, 1.54) is 11.3 Å². The molecule has 2 unspecified atom stereocenters. The van der Waals surface area contributed by atoms with E-state index in [1.807, 2.05) is 11.0 Å². The lowest BCUT2D eigenvalue weighted by Crippen LogP contribution is -2.62. The third-order valence-corrected chi connectivity index (χ3v) is 6.59. The largest absolute Gasteiger partial charge is 0.385 e. The molecule has 31 heavy (non-hydrogen) atoms. The molecule has 0 spiro atoms. The van der Waals surface area contributed by atoms with Crippen molar-refractivity contribution < 1.29 is 19.1 Å². The fraction of sp³-hybridized carbons (Fsp3) is 0.652. The Morgan fingerprint density at radius 2 is 1.97 bits per heavy atom. The van der Waals surface area contributed by atoms with Crippen molar-refractivity contribution in [1.29, 1.82) is 0 Å². The Labute approximate surface area is 184 Å². The Morgan fingerprint density at radius 3 is 2.77 bits per heavy atom. The second kappa shape index (κ2) is 10.4. The van der Waals surface area contributed by atoms with Crippen LogP contribution in [-0.4, -0.2) is 100 Å². The van der Waals surface area contributed by atoms with Gasteiger partial charge in [0, 0.05) is 58.7 Å². The third-order valence-electron chi connectivity index (χ3n) is 6.59. The molecule has 0 aromatic heterocycles. The van der Waals surface area contributed by atoms with Gasteiger partial charge in [0.05, 0.1) is 31.7 Å². The van der Waals surface area contributed by atoms with Crippen LogP contribution in [0.1, 0.15) is 12.0 Å². The maximum absolute atomic E-state index is 13.1. The van der Waals surface area contributed by atoms with Crippen LogP contribution in [0.2, 0.25) is 0 Å². The smallest absolute Gasteiger partial charge is 0.236 e. The van der Waals surface area contributed by atoms with Gasteiger partial charge in [0.2, 0.25) is 11.8 Å². The van der Waals surface area contributed by atoms with Crippen LogP contribution < -0.4 is 10.2 Å². The molecule has 4 rings (SSSR count). The second-order valence-corrected chi connectivity index (χ2v) is 8.57. The summed E-state index contributed by atoms with van der Waals surface area (Å²) in [4.78, 5) is 32.4. The van der Waals surface area contributed by atoms with Crippen LogP contribution in [-0.2, 0) is 25.5 Å². The number of nitrogens with zero attached hydrogens (tertiary/aromatic N) is 3. The predicted molar refractivity (Wildman–Crippen MR) is 118 cm³/mol. The first-order valence-corrected chi connectivity index (χ1v) is 11.4. The number of ether oxygens (including phenoxy) is 2. The molecule has 1 N–H and O–H groups in total. The van der Waals surface area contributed by atoms with Gasteiger partial charge in [-0.15, -0.1) is 0 Å². The number of methoxy groups -OCH3 is 1. The van der Waals surface area contributed by atoms with Gasteiger partial charge in [0.15, 0.2) is 0 Å². The highest BCUT2D eigenvalue weighted by molar-refractivity contribution is 5.82. The molecule has 2 atom stereocenters. The molecule has 3 aliphatic heterocycles. The summed E-state index contributed by atoms with van der Waals surface area (Å²) >= 11 is 0. The van der Waals surface area contributed by atoms with Crippen molar-refractivity contribution in [2.24, 2.45) is 5.92 Å². The van der Waals surface area contributed by atoms with E-state index in [1.54, 1.807) is 7.11 Å². The number of amides is 2. The van der Waals surface area contributed by atoms with E-state index >= 15 is 0 Å². The minimum atomic E-state index is -0.126. The fourth-order valence-corrected chi connectivity index (χ4v) is 4.92. The van der Waals surface area contributed by atoms with Crippen molar-refractivity contribution >= 4 is 17.5 Å². The van der Waals surface area contributed by atoms with Crippen molar-refractivity contribution in [2.75, 3.05) is 77.6 Å². The Bertz CT molecular complexity index is 768. The average Bonchev–Trinajstić information content (AvgIpc) is 2.81. The molecule has 2 fully saturated rings. The highest BCUT2D eigenvalue weighted by Crippen LogP contribution is 2.35. The zero-order valence-corrected chi connectivity index (χ0v) is 18.4. The van der Waals surface area contributed by atoms with E-state index in [2.05, 4.69) is 33.3 Å². The molecule has 170 valence electrons. The molecule has 3 heterocycles. The Balaban J connectivity index is 1.44. The number of hydrogen-bond donors (Lipinski definition) is 1. The molecule has 0 saturated carbocycles. The summed E-state index contributed by atoms with van der Waals surface area (Å²) in [5, 5.41) is 3.11. The van der Waals surface area contributed by atoms with Gasteiger partial charge < -0.3 is 24.6 Å². The number of fused-ring (bicyclic) bond motifs is 3. The molecule has 8 nitrogen and oxygen atoms in total. The van der Waals surface area contributed by atoms with Crippen LogP contribution in [0.15, 0.2) is 24.3 Å². The van der Waals surface area contributed by atoms with Gasteiger partial charge in [-0.2, -0.15) is 0 Å². The number of morpholine rings is 1. The molecule has 8 heteroatoms. The van der Waals surface area contributed by atoms with Crippen LogP contribution in [0, 0.1) is 5.92 Å². The number of benzene rings is 1. The van der Waals surface area contributed by atoms with E-state index in [4.69, 9.17) is 9.47 Å². The lowest BCUT2D eigenvalue weighted by Gasteiger charge is -2.49. The maximum Gasteiger partial charge on any atom is 0.236 e. The normalized spacial score (nSPS) is 23.8. The van der Waals surface area contributed by atoms with Gasteiger partial charge in [-0.25, -0.2) is 0 Å². The summed E-state index contributed by atoms with van der Waals surface area (Å²) in [6, 6.07) is 8.47. The van der Waals surface area contributed by atoms with Crippen molar-refractivity contribution in [3.05, 3.63) is 29.8 Å². The number of rotatable bonds is 7. The van der Waals surface area contributed by atoms with E-state index < -0.39 is 0 Å². The summed E-state index contributed by atoms with van der Waals surface area (Å²) in [6.07, 6.45) is 1.54. The fourth-order valence-electron chi connectivity index (χ4n) is 4.92. The zero-order chi connectivity index (χ0) is 21.6. The highest BCUT2D eigenvalue weighted by atomic mass is 16.5. The van der Waals surface area contributed by atoms with Gasteiger partial charge in [-0.05, 0) is 24.5 Å². The molecule has 0 bridgehead atoms. The summed E-state index contributed by atoms with van der Waals surface area (Å²) in [5.41, 5.74) is 2.46. The van der Waals surface area contributed by atoms with E-state index in [0.29, 0.717) is 46.0 Å². The molecule has 0 radical (unpaired) electrons. The highest BCUT2D eigenvalue weighted by Gasteiger charge is 2.41. The standard InChI is InChI=1S/C23H34N4O4/c1-30-12-4-7-24-23(29)19-15-18-5-2-3-6-20(18)27-9-8-25(16-21(19)27)17-22(28)26-10-13-31-14-11-26/h2-3,5-6,19,21H,4,7-17H2,1H3,(H,24,29). The number of piperazine rings is 1. The van der Waals surface area contributed by atoms with Crippen LogP contribution in [0.5, 0.6) is 0 Å². The molecular formula is C23H34N4O4. The number of carbonyl (C=O) groups excluding carboxylic acids is 2. The zero-order valence-electron chi connectivity index (χ0n) is 18.4. The monoisotopic (exact) mass is 430 g/mol. The van der Waals surface area contributed by atoms with Gasteiger partial charge in [-0.1, -0.05) is 18.2 Å². The van der Waals surface area contributed by atoms with Gasteiger partial charge in [0.1, 0.15) is 0 Å². The van der Waals surface area contributed by atoms with Crippen LogP contribution in [0.3, 0.4) is 0 Å². The summed E-state index contributed by atoms with van der Waals surface area (Å²) in [6.45, 7) is 6.61. The molecule has 0 aliphatic carbocycles. The Kier molecular flexibility index (Phi) is 7.42. The number of anilines is 1. The quantitative estimate of drug-likeness (QED) is 0.630. The number of nitrogens with one attached hydrogen (secondary N) is 1. The average molecular weight is 431 g/mol. The molecule has 2 amide bonds. The molecule has 2 saturated heterocycles. The molecule has 3 aliphatic rings. The minimum Gasteiger partial charge on any atom is -0.385 e. The Hall–Kier alpha value is -2.16. The predicted octanol–water partition coefficient (Wildman–Crippen LogP) is 0.361. The van der Waals surface area contributed by atoms with Crippen molar-refractivity contribution in [3.8, 4) is 0 Å². The number of para-hydroxylation sites is 1. The summed E-state index contributed by atoms with van der Waals surface area (Å²) in [5.74, 6) is 0.134. The van der Waals surface area contributed by atoms with Crippen LogP contribution in [0.25, 0.3) is 0 Å². The van der Waals surface area contributed by atoms with Crippen LogP contribution in [0.4, 0.5) is 5.69 Å². The van der Waals surface area contributed by atoms with Gasteiger partial charge >= 0.3 is 0 Å².